The number of hydrogen-bond acceptors (Lipinski definition) is 4. The molecule has 2 rings (SSSR count). The molecule has 0 radical (unpaired) electrons. The summed E-state index contributed by atoms with van der Waals surface area (Å²) in [5.74, 6) is -0.540. The maximum Gasteiger partial charge on any atom is 0.253 e. The second-order valence-corrected chi connectivity index (χ2v) is 8.25. The lowest BCUT2D eigenvalue weighted by Gasteiger charge is -2.17. The number of hydrogen-bond donors (Lipinski definition) is 0. The van der Waals surface area contributed by atoms with E-state index in [4.69, 9.17) is 5.26 Å². The van der Waals surface area contributed by atoms with Gasteiger partial charge in [-0.25, -0.2) is 12.8 Å². The van der Waals surface area contributed by atoms with Crippen molar-refractivity contribution in [3.63, 3.8) is 0 Å². The van der Waals surface area contributed by atoms with Crippen LogP contribution in [0.5, 0.6) is 0 Å². The molecule has 1 aromatic carbocycles. The highest BCUT2D eigenvalue weighted by atomic mass is 79.9. The van der Waals surface area contributed by atoms with Gasteiger partial charge < -0.3 is 0 Å². The fraction of sp³-hybridized carbons (Fsp3) is 0.154. The Balaban J connectivity index is 2.32. The average Bonchev–Trinajstić information content (AvgIpc) is 2.88. The van der Waals surface area contributed by atoms with Crippen LogP contribution in [0.15, 0.2) is 38.3 Å². The molecule has 0 saturated carbocycles. The third-order valence-corrected chi connectivity index (χ3v) is 7.25. The number of halogens is 2. The van der Waals surface area contributed by atoms with Crippen LogP contribution in [0.1, 0.15) is 11.1 Å². The Labute approximate surface area is 134 Å². The molecule has 8 heteroatoms. The lowest BCUT2D eigenvalue weighted by Crippen LogP contribution is -2.26. The number of nitrogens with zero attached hydrogens (tertiary/aromatic N) is 2. The molecule has 1 aromatic heterocycles. The minimum Gasteiger partial charge on any atom is -0.207 e. The summed E-state index contributed by atoms with van der Waals surface area (Å²) in [6, 6.07) is 7.41. The molecule has 0 amide bonds. The van der Waals surface area contributed by atoms with E-state index in [1.54, 1.807) is 11.4 Å². The van der Waals surface area contributed by atoms with Crippen molar-refractivity contribution < 1.29 is 12.8 Å². The maximum absolute atomic E-state index is 13.7. The van der Waals surface area contributed by atoms with Crippen molar-refractivity contribution in [3.05, 3.63) is 51.1 Å². The quantitative estimate of drug-likeness (QED) is 0.806. The zero-order valence-corrected chi connectivity index (χ0v) is 14.1. The number of rotatable bonds is 4. The molecule has 1 heterocycles. The van der Waals surface area contributed by atoms with Gasteiger partial charge in [0, 0.05) is 23.6 Å². The molecule has 0 unspecified atom stereocenters. The van der Waals surface area contributed by atoms with Gasteiger partial charge in [0.25, 0.3) is 10.0 Å². The van der Waals surface area contributed by atoms with E-state index in [1.807, 2.05) is 6.07 Å². The van der Waals surface area contributed by atoms with Gasteiger partial charge >= 0.3 is 0 Å². The van der Waals surface area contributed by atoms with Gasteiger partial charge in [0.05, 0.1) is 11.6 Å². The molecule has 110 valence electrons. The Kier molecular flexibility index (Phi) is 4.78. The van der Waals surface area contributed by atoms with Crippen molar-refractivity contribution in [2.45, 2.75) is 10.8 Å². The molecule has 0 atom stereocenters. The first-order valence-electron chi connectivity index (χ1n) is 5.74. The second-order valence-electron chi connectivity index (χ2n) is 4.24. The third kappa shape index (κ3) is 3.32. The highest BCUT2D eigenvalue weighted by Crippen LogP contribution is 2.30. The van der Waals surface area contributed by atoms with Gasteiger partial charge in [-0.3, -0.25) is 0 Å². The molecule has 0 aliphatic rings. The van der Waals surface area contributed by atoms with Gasteiger partial charge in [0.2, 0.25) is 0 Å². The van der Waals surface area contributed by atoms with Crippen molar-refractivity contribution in [3.8, 4) is 6.07 Å². The zero-order valence-electron chi connectivity index (χ0n) is 10.9. The van der Waals surface area contributed by atoms with Crippen LogP contribution >= 0.6 is 27.3 Å². The van der Waals surface area contributed by atoms with Gasteiger partial charge in [0.1, 0.15) is 10.0 Å². The van der Waals surface area contributed by atoms with Crippen molar-refractivity contribution >= 4 is 37.3 Å². The summed E-state index contributed by atoms with van der Waals surface area (Å²) in [5.41, 5.74) is 0.447. The summed E-state index contributed by atoms with van der Waals surface area (Å²) in [5, 5.41) is 10.5. The monoisotopic (exact) mass is 388 g/mol. The van der Waals surface area contributed by atoms with E-state index in [0.717, 1.165) is 21.7 Å². The van der Waals surface area contributed by atoms with Crippen LogP contribution < -0.4 is 0 Å². The summed E-state index contributed by atoms with van der Waals surface area (Å²) in [6.07, 6.45) is 0. The molecule has 0 N–H and O–H groups in total. The van der Waals surface area contributed by atoms with E-state index in [2.05, 4.69) is 15.9 Å². The smallest absolute Gasteiger partial charge is 0.207 e. The van der Waals surface area contributed by atoms with Gasteiger partial charge in [-0.05, 0) is 45.6 Å². The number of benzene rings is 1. The topological polar surface area (TPSA) is 61.2 Å². The molecule has 4 nitrogen and oxygen atoms in total. The van der Waals surface area contributed by atoms with Crippen molar-refractivity contribution in [2.24, 2.45) is 0 Å². The van der Waals surface area contributed by atoms with Crippen molar-refractivity contribution in [1.82, 2.24) is 4.31 Å². The van der Waals surface area contributed by atoms with Crippen molar-refractivity contribution in [2.75, 3.05) is 7.05 Å². The molecule has 0 spiro atoms. The highest BCUT2D eigenvalue weighted by Gasteiger charge is 2.25. The lowest BCUT2D eigenvalue weighted by molar-refractivity contribution is 0.457. The van der Waals surface area contributed by atoms with Crippen LogP contribution in [-0.2, 0) is 16.6 Å². The van der Waals surface area contributed by atoms with E-state index in [9.17, 15) is 12.8 Å². The van der Waals surface area contributed by atoms with E-state index in [1.165, 1.54) is 19.2 Å². The first-order valence-corrected chi connectivity index (χ1v) is 8.85. The van der Waals surface area contributed by atoms with Gasteiger partial charge in [-0.15, -0.1) is 11.3 Å². The van der Waals surface area contributed by atoms with Crippen LogP contribution in [-0.4, -0.2) is 19.8 Å². The Morgan fingerprint density at radius 3 is 2.71 bits per heavy atom. The van der Waals surface area contributed by atoms with Crippen LogP contribution in [0.2, 0.25) is 0 Å². The highest BCUT2D eigenvalue weighted by molar-refractivity contribution is 9.10. The summed E-state index contributed by atoms with van der Waals surface area (Å²) >= 11 is 4.27. The van der Waals surface area contributed by atoms with E-state index in [-0.39, 0.29) is 21.9 Å². The van der Waals surface area contributed by atoms with Crippen molar-refractivity contribution in [1.29, 1.82) is 5.26 Å². The SMILES string of the molecule is CN(Cc1cc(C#N)ccc1F)S(=O)(=O)c1sccc1Br. The Hall–Kier alpha value is -1.27. The largest absolute Gasteiger partial charge is 0.253 e. The molecule has 2 aromatic rings. The predicted molar refractivity (Wildman–Crippen MR) is 81.8 cm³/mol. The summed E-state index contributed by atoms with van der Waals surface area (Å²) in [7, 11) is -2.33. The lowest BCUT2D eigenvalue weighted by atomic mass is 10.1. The Morgan fingerprint density at radius 1 is 1.43 bits per heavy atom. The Bertz CT molecular complexity index is 812. The van der Waals surface area contributed by atoms with E-state index in [0.29, 0.717) is 4.47 Å². The first-order chi connectivity index (χ1) is 9.86. The second kappa shape index (κ2) is 6.23. The minimum atomic E-state index is -3.71. The normalized spacial score (nSPS) is 11.6. The molecule has 0 aliphatic carbocycles. The predicted octanol–water partition coefficient (Wildman–Crippen LogP) is 3.34. The number of sulfonamides is 1. The molecule has 0 bridgehead atoms. The fourth-order valence-corrected chi connectivity index (χ4v) is 5.35. The average molecular weight is 389 g/mol. The molecular formula is C13H10BrFN2O2S2. The van der Waals surface area contributed by atoms with Crippen LogP contribution in [0.25, 0.3) is 0 Å². The van der Waals surface area contributed by atoms with Gasteiger partial charge in [0.15, 0.2) is 0 Å². The minimum absolute atomic E-state index is 0.145. The maximum atomic E-state index is 13.7. The molecule has 0 saturated heterocycles. The molecular weight excluding hydrogens is 379 g/mol. The summed E-state index contributed by atoms with van der Waals surface area (Å²) in [6.45, 7) is -0.145. The van der Waals surface area contributed by atoms with Gasteiger partial charge in [-0.1, -0.05) is 0 Å². The van der Waals surface area contributed by atoms with Crippen LogP contribution in [0.4, 0.5) is 4.39 Å². The molecule has 0 fully saturated rings. The number of nitriles is 1. The van der Waals surface area contributed by atoms with E-state index < -0.39 is 15.8 Å². The van der Waals surface area contributed by atoms with E-state index >= 15 is 0 Å². The molecule has 0 aliphatic heterocycles. The summed E-state index contributed by atoms with van der Waals surface area (Å²) in [4.78, 5) is 0. The Morgan fingerprint density at radius 2 is 2.14 bits per heavy atom. The molecule has 21 heavy (non-hydrogen) atoms. The number of thiophene rings is 1. The van der Waals surface area contributed by atoms with Crippen LogP contribution in [0, 0.1) is 17.1 Å². The third-order valence-electron chi connectivity index (χ3n) is 2.80. The standard InChI is InChI=1S/C13H10BrFN2O2S2/c1-17(21(18,19)13-11(14)4-5-20-13)8-10-6-9(7-16)2-3-12(10)15/h2-6H,8H2,1H3. The summed E-state index contributed by atoms with van der Waals surface area (Å²) < 4.78 is 40.2. The van der Waals surface area contributed by atoms with Crippen LogP contribution in [0.3, 0.4) is 0 Å². The zero-order chi connectivity index (χ0) is 15.6. The van der Waals surface area contributed by atoms with Gasteiger partial charge in [-0.2, -0.15) is 9.57 Å². The first kappa shape index (κ1) is 16.1. The fourth-order valence-electron chi connectivity index (χ4n) is 1.70.